The van der Waals surface area contributed by atoms with Gasteiger partial charge in [-0.3, -0.25) is 15.7 Å². The molecule has 0 radical (unpaired) electrons. The van der Waals surface area contributed by atoms with Gasteiger partial charge in [-0.1, -0.05) is 196 Å². The Bertz CT molecular complexity index is 3700. The molecule has 0 spiro atoms. The minimum Gasteiger partial charge on any atom is -0.284 e. The van der Waals surface area contributed by atoms with Crippen molar-refractivity contribution in [3.05, 3.63) is 247 Å². The molecular formula is C63H45N3. The molecule has 1 aliphatic rings. The third-order valence-corrected chi connectivity index (χ3v) is 13.9. The molecule has 0 aromatic heterocycles. The molecule has 0 saturated carbocycles. The van der Waals surface area contributed by atoms with Crippen LogP contribution in [0.25, 0.3) is 87.6 Å². The Balaban J connectivity index is 1.11. The highest BCUT2D eigenvalue weighted by atomic mass is 15.2. The highest BCUT2D eigenvalue weighted by Crippen LogP contribution is 2.53. The van der Waals surface area contributed by atoms with Gasteiger partial charge in [0.15, 0.2) is 0 Å². The van der Waals surface area contributed by atoms with Crippen LogP contribution in [0.4, 0.5) is 5.69 Å². The van der Waals surface area contributed by atoms with E-state index in [1.807, 2.05) is 72.8 Å². The summed E-state index contributed by atoms with van der Waals surface area (Å²) in [5.41, 5.74) is 14.4. The van der Waals surface area contributed by atoms with Gasteiger partial charge in [-0.15, -0.1) is 0 Å². The number of nitrogens with one attached hydrogen (secondary N) is 2. The van der Waals surface area contributed by atoms with Crippen LogP contribution < -0.4 is 4.90 Å². The molecule has 12 rings (SSSR count). The highest BCUT2D eigenvalue weighted by molar-refractivity contribution is 6.28. The Morgan fingerprint density at radius 1 is 0.348 bits per heavy atom. The van der Waals surface area contributed by atoms with Gasteiger partial charge in [0.05, 0.1) is 0 Å². The van der Waals surface area contributed by atoms with Crippen molar-refractivity contribution in [3.8, 4) is 44.5 Å². The molecule has 0 heterocycles. The van der Waals surface area contributed by atoms with Crippen LogP contribution in [-0.2, 0) is 5.41 Å². The van der Waals surface area contributed by atoms with E-state index in [4.69, 9.17) is 0 Å². The number of amidine groups is 2. The first-order valence-electron chi connectivity index (χ1n) is 22.7. The van der Waals surface area contributed by atoms with Gasteiger partial charge >= 0.3 is 0 Å². The van der Waals surface area contributed by atoms with Crippen molar-refractivity contribution < 1.29 is 0 Å². The molecule has 11 aromatic rings. The number of hydrogen-bond donors (Lipinski definition) is 2. The van der Waals surface area contributed by atoms with E-state index >= 15 is 0 Å². The molecule has 0 aliphatic heterocycles. The van der Waals surface area contributed by atoms with Crippen molar-refractivity contribution >= 4 is 60.4 Å². The van der Waals surface area contributed by atoms with Gasteiger partial charge in [-0.05, 0) is 141 Å². The zero-order chi connectivity index (χ0) is 44.5. The van der Waals surface area contributed by atoms with Crippen LogP contribution in [0.5, 0.6) is 0 Å². The highest BCUT2D eigenvalue weighted by Gasteiger charge is 2.36. The van der Waals surface area contributed by atoms with Gasteiger partial charge in [0.2, 0.25) is 0 Å². The first kappa shape index (κ1) is 39.2. The maximum Gasteiger partial charge on any atom is 0.138 e. The molecule has 11 aromatic carbocycles. The second-order valence-electron chi connectivity index (χ2n) is 18.1. The van der Waals surface area contributed by atoms with Gasteiger partial charge in [0.1, 0.15) is 11.7 Å². The van der Waals surface area contributed by atoms with E-state index in [1.165, 1.54) is 87.6 Å². The zero-order valence-electron chi connectivity index (χ0n) is 36.8. The fraction of sp³-hybridized carbons (Fsp3) is 0.0476. The first-order chi connectivity index (χ1) is 32.3. The van der Waals surface area contributed by atoms with Crippen LogP contribution in [0.2, 0.25) is 0 Å². The number of nitrogens with zero attached hydrogens (tertiary/aromatic N) is 1. The van der Waals surface area contributed by atoms with Crippen LogP contribution in [0, 0.1) is 10.8 Å². The summed E-state index contributed by atoms with van der Waals surface area (Å²) in [5.74, 6) is 0.489. The second-order valence-corrected chi connectivity index (χ2v) is 18.1. The van der Waals surface area contributed by atoms with Crippen LogP contribution in [-0.4, -0.2) is 11.7 Å². The Morgan fingerprint density at radius 3 is 1.42 bits per heavy atom. The average Bonchev–Trinajstić information content (AvgIpc) is 3.59. The molecule has 0 amide bonds. The molecule has 312 valence electrons. The lowest BCUT2D eigenvalue weighted by atomic mass is 9.79. The van der Waals surface area contributed by atoms with Crippen LogP contribution >= 0.6 is 0 Å². The van der Waals surface area contributed by atoms with Crippen molar-refractivity contribution in [2.45, 2.75) is 19.3 Å². The standard InChI is InChI=1S/C63H45N3/c1-63(2)57-24-14-13-23-51(57)53-38-55-56(39-58(53)63)60(49-28-26-41-16-10-12-22-46(41)36-49)54-37-47(31-34-52(54)59(55)48-27-25-40-15-9-11-21-45(40)35-48)42-29-32-50(33-30-42)66(61(64)43-17-5-3-6-18-43)62(65)44-19-7-4-8-20-44/h3-39,64-65H,1-2H3. The van der Waals surface area contributed by atoms with Crippen LogP contribution in [0.15, 0.2) is 224 Å². The van der Waals surface area contributed by atoms with Gasteiger partial charge < -0.3 is 0 Å². The maximum atomic E-state index is 9.36. The molecule has 0 atom stereocenters. The van der Waals surface area contributed by atoms with Gasteiger partial charge in [-0.25, -0.2) is 0 Å². The monoisotopic (exact) mass is 843 g/mol. The first-order valence-corrected chi connectivity index (χ1v) is 22.7. The molecule has 66 heavy (non-hydrogen) atoms. The van der Waals surface area contributed by atoms with Gasteiger partial charge in [0.25, 0.3) is 0 Å². The quantitative estimate of drug-likeness (QED) is 0.0978. The smallest absolute Gasteiger partial charge is 0.138 e. The lowest BCUT2D eigenvalue weighted by Gasteiger charge is -2.26. The van der Waals surface area contributed by atoms with Crippen LogP contribution in [0.1, 0.15) is 36.1 Å². The zero-order valence-corrected chi connectivity index (χ0v) is 36.8. The van der Waals surface area contributed by atoms with Crippen molar-refractivity contribution in [1.82, 2.24) is 0 Å². The van der Waals surface area contributed by atoms with E-state index in [-0.39, 0.29) is 17.1 Å². The molecule has 0 fully saturated rings. The molecule has 3 nitrogen and oxygen atoms in total. The number of benzene rings is 11. The maximum absolute atomic E-state index is 9.36. The summed E-state index contributed by atoms with van der Waals surface area (Å²) in [5, 5.41) is 28.5. The van der Waals surface area contributed by atoms with Crippen LogP contribution in [0.3, 0.4) is 0 Å². The Morgan fingerprint density at radius 2 is 0.818 bits per heavy atom. The largest absolute Gasteiger partial charge is 0.284 e. The summed E-state index contributed by atoms with van der Waals surface area (Å²) in [7, 11) is 0. The topological polar surface area (TPSA) is 50.9 Å². The predicted molar refractivity (Wildman–Crippen MR) is 279 cm³/mol. The van der Waals surface area contributed by atoms with E-state index < -0.39 is 0 Å². The lowest BCUT2D eigenvalue weighted by molar-refractivity contribution is 0.661. The minimum absolute atomic E-state index is 0.177. The van der Waals surface area contributed by atoms with Crippen molar-refractivity contribution in [3.63, 3.8) is 0 Å². The van der Waals surface area contributed by atoms with E-state index in [0.29, 0.717) is 0 Å². The molecule has 0 bridgehead atoms. The molecular weight excluding hydrogens is 799 g/mol. The van der Waals surface area contributed by atoms with E-state index in [9.17, 15) is 10.8 Å². The molecule has 3 heteroatoms. The van der Waals surface area contributed by atoms with E-state index in [2.05, 4.69) is 166 Å². The fourth-order valence-corrected chi connectivity index (χ4v) is 10.5. The average molecular weight is 844 g/mol. The minimum atomic E-state index is -0.177. The number of rotatable bonds is 6. The number of hydrogen-bond acceptors (Lipinski definition) is 2. The summed E-state index contributed by atoms with van der Waals surface area (Å²) in [6.07, 6.45) is 0. The molecule has 2 N–H and O–H groups in total. The SMILES string of the molecule is CC1(C)c2ccccc2-c2cc3c(-c4ccc5ccccc5c4)c4ccc(-c5ccc(N(C(=N)c6ccccc6)C(=N)c6ccccc6)cc5)cc4c(-c4ccc5ccccc5c4)c3cc21. The molecule has 0 unspecified atom stereocenters. The molecule has 0 saturated heterocycles. The number of anilines is 1. The van der Waals surface area contributed by atoms with E-state index in [0.717, 1.165) is 27.9 Å². The third kappa shape index (κ3) is 6.35. The van der Waals surface area contributed by atoms with Crippen molar-refractivity contribution in [1.29, 1.82) is 10.8 Å². The Hall–Kier alpha value is -8.40. The number of fused-ring (bicyclic) bond motifs is 7. The van der Waals surface area contributed by atoms with Crippen molar-refractivity contribution in [2.24, 2.45) is 0 Å². The summed E-state index contributed by atoms with van der Waals surface area (Å²) in [6, 6.07) is 79.8. The molecule has 1 aliphatic carbocycles. The normalized spacial score (nSPS) is 12.6. The summed E-state index contributed by atoms with van der Waals surface area (Å²) in [4.78, 5) is 1.73. The lowest BCUT2D eigenvalue weighted by Crippen LogP contribution is -2.37. The predicted octanol–water partition coefficient (Wildman–Crippen LogP) is 16.5. The van der Waals surface area contributed by atoms with E-state index in [1.54, 1.807) is 4.90 Å². The summed E-state index contributed by atoms with van der Waals surface area (Å²) >= 11 is 0. The Labute approximate surface area is 384 Å². The Kier molecular flexibility index (Phi) is 9.15. The third-order valence-electron chi connectivity index (χ3n) is 13.9. The van der Waals surface area contributed by atoms with Crippen molar-refractivity contribution in [2.75, 3.05) is 4.90 Å². The van der Waals surface area contributed by atoms with Gasteiger partial charge in [-0.2, -0.15) is 0 Å². The summed E-state index contributed by atoms with van der Waals surface area (Å²) < 4.78 is 0. The van der Waals surface area contributed by atoms with Gasteiger partial charge in [0, 0.05) is 22.2 Å². The summed E-state index contributed by atoms with van der Waals surface area (Å²) in [6.45, 7) is 4.74. The fourth-order valence-electron chi connectivity index (χ4n) is 10.5. The second kappa shape index (κ2) is 15.4.